The van der Waals surface area contributed by atoms with Gasteiger partial charge in [-0.25, -0.2) is 0 Å². The zero-order valence-corrected chi connectivity index (χ0v) is 5.43. The third-order valence-electron chi connectivity index (χ3n) is 0.856. The number of hydrogen-bond acceptors (Lipinski definition) is 2. The number of carbonyl (C=O) groups is 1. The zero-order valence-electron chi connectivity index (χ0n) is 5.43. The lowest BCUT2D eigenvalue weighted by Crippen LogP contribution is -2.19. The van der Waals surface area contributed by atoms with Crippen LogP contribution >= 0.6 is 0 Å². The molecule has 8 heavy (non-hydrogen) atoms. The minimum atomic E-state index is -0.436. The average molecular weight is 115 g/mol. The molecule has 0 bridgehead atoms. The Balaban J connectivity index is 3.82. The van der Waals surface area contributed by atoms with Crippen LogP contribution in [0.5, 0.6) is 0 Å². The van der Waals surface area contributed by atoms with Gasteiger partial charge in [0.2, 0.25) is 0 Å². The van der Waals surface area contributed by atoms with E-state index >= 15 is 0 Å². The van der Waals surface area contributed by atoms with Gasteiger partial charge < -0.3 is 5.11 Å². The lowest BCUT2D eigenvalue weighted by atomic mass is 9.91. The minimum Gasteiger partial charge on any atom is -0.382 e. The van der Waals surface area contributed by atoms with Crippen LogP contribution in [-0.4, -0.2) is 10.9 Å². The van der Waals surface area contributed by atoms with E-state index < -0.39 is 5.41 Å². The van der Waals surface area contributed by atoms with Crippen molar-refractivity contribution in [3.8, 4) is 0 Å². The molecule has 0 saturated heterocycles. The number of carbonyl (C=O) groups excluding carboxylic acids is 1. The molecular weight excluding hydrogens is 104 g/mol. The summed E-state index contributed by atoms with van der Waals surface area (Å²) in [4.78, 5) is 10.5. The fourth-order valence-corrected chi connectivity index (χ4v) is 0.194. The quantitative estimate of drug-likeness (QED) is 0.556. The first-order valence-corrected chi connectivity index (χ1v) is 2.50. The van der Waals surface area contributed by atoms with Crippen LogP contribution in [0.2, 0.25) is 0 Å². The summed E-state index contributed by atoms with van der Waals surface area (Å²) in [5, 5.41) is 8.20. The van der Waals surface area contributed by atoms with Gasteiger partial charge in [0, 0.05) is 5.41 Å². The standard InChI is InChI=1S/C6H11O2/c1-6(2,3)5(8)4-7/h4,7H,1-3H3. The van der Waals surface area contributed by atoms with Crippen molar-refractivity contribution in [1.29, 1.82) is 0 Å². The lowest BCUT2D eigenvalue weighted by Gasteiger charge is -2.12. The Labute approximate surface area is 49.5 Å². The van der Waals surface area contributed by atoms with E-state index in [9.17, 15) is 4.79 Å². The molecule has 0 aromatic carbocycles. The molecule has 0 aliphatic rings. The van der Waals surface area contributed by atoms with Crippen molar-refractivity contribution >= 4 is 5.78 Å². The van der Waals surface area contributed by atoms with Gasteiger partial charge in [-0.15, -0.1) is 0 Å². The fraction of sp³-hybridized carbons (Fsp3) is 0.667. The Morgan fingerprint density at radius 3 is 1.88 bits per heavy atom. The number of rotatable bonds is 1. The maximum absolute atomic E-state index is 10.5. The van der Waals surface area contributed by atoms with Crippen molar-refractivity contribution in [1.82, 2.24) is 0 Å². The molecule has 47 valence electrons. The second kappa shape index (κ2) is 2.27. The van der Waals surface area contributed by atoms with Crippen LogP contribution in [0.1, 0.15) is 20.8 Å². The highest BCUT2D eigenvalue weighted by Crippen LogP contribution is 2.14. The molecule has 0 aliphatic heterocycles. The molecule has 0 unspecified atom stereocenters. The van der Waals surface area contributed by atoms with Crippen molar-refractivity contribution in [2.45, 2.75) is 20.8 Å². The van der Waals surface area contributed by atoms with Crippen LogP contribution in [0.4, 0.5) is 0 Å². The molecule has 0 saturated carbocycles. The summed E-state index contributed by atoms with van der Waals surface area (Å²) in [5.74, 6) is -0.238. The van der Waals surface area contributed by atoms with Gasteiger partial charge in [-0.3, -0.25) is 4.79 Å². The van der Waals surface area contributed by atoms with Crippen LogP contribution in [0.15, 0.2) is 0 Å². The van der Waals surface area contributed by atoms with Crippen LogP contribution in [-0.2, 0) is 4.79 Å². The highest BCUT2D eigenvalue weighted by atomic mass is 16.3. The molecule has 2 nitrogen and oxygen atoms in total. The van der Waals surface area contributed by atoms with E-state index in [4.69, 9.17) is 5.11 Å². The van der Waals surface area contributed by atoms with Gasteiger partial charge in [-0.05, 0) is 0 Å². The summed E-state index contributed by atoms with van der Waals surface area (Å²) in [5.41, 5.74) is -0.436. The first-order valence-electron chi connectivity index (χ1n) is 2.50. The molecule has 2 heteroatoms. The van der Waals surface area contributed by atoms with Crippen LogP contribution in [0.25, 0.3) is 0 Å². The summed E-state index contributed by atoms with van der Waals surface area (Å²) >= 11 is 0. The van der Waals surface area contributed by atoms with E-state index in [1.54, 1.807) is 20.8 Å². The van der Waals surface area contributed by atoms with Gasteiger partial charge >= 0.3 is 0 Å². The molecule has 0 aromatic rings. The Hall–Kier alpha value is -0.370. The van der Waals surface area contributed by atoms with Crippen LogP contribution in [0, 0.1) is 12.0 Å². The molecule has 0 heterocycles. The minimum absolute atomic E-state index is 0.238. The normalized spacial score (nSPS) is 11.5. The number of Topliss-reactive ketones (excluding diaryl/α,β-unsaturated/α-hetero) is 1. The SMILES string of the molecule is CC(C)(C)C(=O)[CH]O. The van der Waals surface area contributed by atoms with Crippen molar-refractivity contribution in [2.24, 2.45) is 5.41 Å². The van der Waals surface area contributed by atoms with E-state index in [0.717, 1.165) is 0 Å². The number of ketones is 1. The summed E-state index contributed by atoms with van der Waals surface area (Å²) in [6, 6.07) is 0. The smallest absolute Gasteiger partial charge is 0.169 e. The molecule has 0 aliphatic carbocycles. The van der Waals surface area contributed by atoms with Gasteiger partial charge in [0.25, 0.3) is 0 Å². The highest BCUT2D eigenvalue weighted by Gasteiger charge is 2.19. The third-order valence-corrected chi connectivity index (χ3v) is 0.856. The number of aliphatic hydroxyl groups excluding tert-OH is 1. The largest absolute Gasteiger partial charge is 0.382 e. The third kappa shape index (κ3) is 2.07. The molecule has 0 spiro atoms. The fourth-order valence-electron chi connectivity index (χ4n) is 0.194. The molecule has 0 atom stereocenters. The van der Waals surface area contributed by atoms with Crippen molar-refractivity contribution in [3.63, 3.8) is 0 Å². The highest BCUT2D eigenvalue weighted by molar-refractivity contribution is 5.89. The van der Waals surface area contributed by atoms with Gasteiger partial charge in [0.05, 0.1) is 0 Å². The summed E-state index contributed by atoms with van der Waals surface area (Å²) in [6.45, 7) is 5.87. The van der Waals surface area contributed by atoms with E-state index in [1.807, 2.05) is 0 Å². The lowest BCUT2D eigenvalue weighted by molar-refractivity contribution is -0.125. The molecule has 0 rings (SSSR count). The van der Waals surface area contributed by atoms with E-state index in [-0.39, 0.29) is 5.78 Å². The van der Waals surface area contributed by atoms with Gasteiger partial charge in [0.1, 0.15) is 6.61 Å². The van der Waals surface area contributed by atoms with Gasteiger partial charge in [-0.1, -0.05) is 20.8 Å². The molecule has 0 amide bonds. The number of hydrogen-bond donors (Lipinski definition) is 1. The maximum atomic E-state index is 10.5. The number of aliphatic hydroxyl groups is 1. The molecule has 1 N–H and O–H groups in total. The molecule has 0 aromatic heterocycles. The topological polar surface area (TPSA) is 37.3 Å². The van der Waals surface area contributed by atoms with Gasteiger partial charge in [-0.2, -0.15) is 0 Å². The van der Waals surface area contributed by atoms with Crippen LogP contribution < -0.4 is 0 Å². The second-order valence-corrected chi connectivity index (χ2v) is 2.74. The molecular formula is C6H11O2. The summed E-state index contributed by atoms with van der Waals surface area (Å²) < 4.78 is 0. The van der Waals surface area contributed by atoms with Crippen molar-refractivity contribution in [2.75, 3.05) is 0 Å². The zero-order chi connectivity index (χ0) is 6.78. The maximum Gasteiger partial charge on any atom is 0.169 e. The first kappa shape index (κ1) is 7.63. The second-order valence-electron chi connectivity index (χ2n) is 2.74. The first-order chi connectivity index (χ1) is 3.48. The summed E-state index contributed by atoms with van der Waals surface area (Å²) in [7, 11) is 0. The van der Waals surface area contributed by atoms with Crippen molar-refractivity contribution < 1.29 is 9.90 Å². The monoisotopic (exact) mass is 115 g/mol. The Kier molecular flexibility index (Phi) is 2.16. The van der Waals surface area contributed by atoms with Crippen LogP contribution in [0.3, 0.4) is 0 Å². The molecule has 1 radical (unpaired) electrons. The average Bonchev–Trinajstić information content (AvgIpc) is 1.62. The Bertz CT molecular complexity index is 89.2. The van der Waals surface area contributed by atoms with E-state index in [0.29, 0.717) is 6.61 Å². The Morgan fingerprint density at radius 1 is 1.50 bits per heavy atom. The molecule has 0 fully saturated rings. The summed E-state index contributed by atoms with van der Waals surface area (Å²) in [6.07, 6.45) is 0. The predicted octanol–water partition coefficient (Wildman–Crippen LogP) is 1.14. The predicted molar refractivity (Wildman–Crippen MR) is 30.7 cm³/mol. The van der Waals surface area contributed by atoms with E-state index in [2.05, 4.69) is 0 Å². The van der Waals surface area contributed by atoms with E-state index in [1.165, 1.54) is 0 Å². The van der Waals surface area contributed by atoms with Gasteiger partial charge in [0.15, 0.2) is 5.78 Å². The van der Waals surface area contributed by atoms with Crippen molar-refractivity contribution in [3.05, 3.63) is 6.61 Å². The Morgan fingerprint density at radius 2 is 1.88 bits per heavy atom.